The van der Waals surface area contributed by atoms with Crippen molar-refractivity contribution in [2.45, 2.75) is 18.0 Å². The highest BCUT2D eigenvalue weighted by molar-refractivity contribution is 7.99. The zero-order valence-corrected chi connectivity index (χ0v) is 22.5. The predicted octanol–water partition coefficient (Wildman–Crippen LogP) is 6.80. The molecule has 7 nitrogen and oxygen atoms in total. The molecule has 11 heteroatoms. The molecule has 1 amide bonds. The van der Waals surface area contributed by atoms with Crippen molar-refractivity contribution < 1.29 is 4.79 Å². The van der Waals surface area contributed by atoms with Crippen LogP contribution in [0.5, 0.6) is 0 Å². The number of hydrogen-bond donors (Lipinski definition) is 1. The van der Waals surface area contributed by atoms with Gasteiger partial charge in [0.2, 0.25) is 5.91 Å². The number of thiazole rings is 1. The summed E-state index contributed by atoms with van der Waals surface area (Å²) in [5.74, 6) is 1.13. The minimum Gasteiger partial charge on any atom is -0.302 e. The predicted molar refractivity (Wildman–Crippen MR) is 150 cm³/mol. The van der Waals surface area contributed by atoms with E-state index in [9.17, 15) is 4.79 Å². The minimum absolute atomic E-state index is 0.116. The van der Waals surface area contributed by atoms with Crippen LogP contribution in [0.2, 0.25) is 10.0 Å². The molecule has 0 unspecified atom stereocenters. The first-order valence-corrected chi connectivity index (χ1v) is 13.9. The standard InChI is InChI=1S/C26H20Cl2N6OS2/c27-21-8-4-5-18(23(21)28)15-20-16-30-25(37-20)31-22(35)11-14-36-26-33-32-24(17-9-12-29-13-10-17)34(26)19-6-2-1-3-7-19/h1-10,12-13,16H,11,14-15H2,(H,30,31,35). The third-order valence-electron chi connectivity index (χ3n) is 5.34. The first-order chi connectivity index (χ1) is 18.1. The number of anilines is 1. The maximum atomic E-state index is 12.6. The highest BCUT2D eigenvalue weighted by atomic mass is 35.5. The molecular formula is C26H20Cl2N6OS2. The molecule has 0 saturated heterocycles. The van der Waals surface area contributed by atoms with Crippen molar-refractivity contribution in [1.82, 2.24) is 24.7 Å². The Morgan fingerprint density at radius 2 is 1.81 bits per heavy atom. The van der Waals surface area contributed by atoms with Crippen LogP contribution in [0.3, 0.4) is 0 Å². The second-order valence-corrected chi connectivity index (χ2v) is 10.8. The van der Waals surface area contributed by atoms with Crippen LogP contribution in [0.1, 0.15) is 16.9 Å². The van der Waals surface area contributed by atoms with Crippen LogP contribution in [-0.2, 0) is 11.2 Å². The van der Waals surface area contributed by atoms with E-state index in [2.05, 4.69) is 25.5 Å². The number of carbonyl (C=O) groups is 1. The van der Waals surface area contributed by atoms with Gasteiger partial charge in [-0.05, 0) is 35.9 Å². The van der Waals surface area contributed by atoms with E-state index in [1.807, 2.05) is 59.2 Å². The Hall–Kier alpha value is -3.24. The molecule has 0 radical (unpaired) electrons. The fraction of sp³-hybridized carbons (Fsp3) is 0.115. The Bertz CT molecular complexity index is 1510. The zero-order valence-electron chi connectivity index (χ0n) is 19.3. The summed E-state index contributed by atoms with van der Waals surface area (Å²) in [6.45, 7) is 0. The molecule has 0 fully saturated rings. The number of rotatable bonds is 9. The SMILES string of the molecule is O=C(CCSc1nnc(-c2ccncc2)n1-c1ccccc1)Nc1ncc(Cc2cccc(Cl)c2Cl)s1. The topological polar surface area (TPSA) is 85.6 Å². The van der Waals surface area contributed by atoms with Crippen LogP contribution >= 0.6 is 46.3 Å². The number of amides is 1. The van der Waals surface area contributed by atoms with Crippen molar-refractivity contribution in [3.63, 3.8) is 0 Å². The van der Waals surface area contributed by atoms with E-state index >= 15 is 0 Å². The van der Waals surface area contributed by atoms with E-state index in [0.717, 1.165) is 27.5 Å². The van der Waals surface area contributed by atoms with Crippen molar-refractivity contribution >= 4 is 57.3 Å². The van der Waals surface area contributed by atoms with E-state index in [4.69, 9.17) is 23.2 Å². The van der Waals surface area contributed by atoms with Crippen LogP contribution in [0.4, 0.5) is 5.13 Å². The van der Waals surface area contributed by atoms with Gasteiger partial charge in [-0.1, -0.05) is 65.3 Å². The van der Waals surface area contributed by atoms with E-state index in [-0.39, 0.29) is 5.91 Å². The summed E-state index contributed by atoms with van der Waals surface area (Å²) in [7, 11) is 0. The van der Waals surface area contributed by atoms with E-state index in [1.54, 1.807) is 24.7 Å². The van der Waals surface area contributed by atoms with Gasteiger partial charge in [0.05, 0.1) is 10.0 Å². The zero-order chi connectivity index (χ0) is 25.6. The highest BCUT2D eigenvalue weighted by Gasteiger charge is 2.17. The van der Waals surface area contributed by atoms with Gasteiger partial charge in [0, 0.05) is 53.3 Å². The molecule has 0 atom stereocenters. The fourth-order valence-corrected chi connectivity index (χ4v) is 5.73. The summed E-state index contributed by atoms with van der Waals surface area (Å²) < 4.78 is 1.99. The number of hydrogen-bond acceptors (Lipinski definition) is 7. The summed E-state index contributed by atoms with van der Waals surface area (Å²) in [4.78, 5) is 22.0. The molecule has 186 valence electrons. The number of nitrogens with one attached hydrogen (secondary N) is 1. The molecule has 0 spiro atoms. The first kappa shape index (κ1) is 25.4. The summed E-state index contributed by atoms with van der Waals surface area (Å²) in [5, 5.41) is 14.0. The Balaban J connectivity index is 1.22. The molecular weight excluding hydrogens is 547 g/mol. The van der Waals surface area contributed by atoms with Crippen LogP contribution in [0.15, 0.2) is 84.4 Å². The molecule has 5 aromatic rings. The quantitative estimate of drug-likeness (QED) is 0.197. The lowest BCUT2D eigenvalue weighted by atomic mass is 10.1. The van der Waals surface area contributed by atoms with E-state index in [1.165, 1.54) is 23.1 Å². The molecule has 0 saturated carbocycles. The Morgan fingerprint density at radius 1 is 1.00 bits per heavy atom. The Kier molecular flexibility index (Phi) is 8.15. The molecule has 0 aliphatic carbocycles. The smallest absolute Gasteiger partial charge is 0.226 e. The van der Waals surface area contributed by atoms with Crippen LogP contribution in [-0.4, -0.2) is 36.4 Å². The molecule has 3 heterocycles. The van der Waals surface area contributed by atoms with Gasteiger partial charge in [-0.15, -0.1) is 21.5 Å². The number of pyridine rings is 1. The number of para-hydroxylation sites is 1. The van der Waals surface area contributed by atoms with Gasteiger partial charge in [0.15, 0.2) is 16.1 Å². The van der Waals surface area contributed by atoms with E-state index < -0.39 is 0 Å². The van der Waals surface area contributed by atoms with Crippen LogP contribution in [0.25, 0.3) is 17.1 Å². The van der Waals surface area contributed by atoms with Crippen LogP contribution in [0, 0.1) is 0 Å². The van der Waals surface area contributed by atoms with Crippen LogP contribution < -0.4 is 5.32 Å². The van der Waals surface area contributed by atoms with Gasteiger partial charge in [-0.2, -0.15) is 0 Å². The van der Waals surface area contributed by atoms with Gasteiger partial charge in [-0.25, -0.2) is 4.98 Å². The van der Waals surface area contributed by atoms with Crippen molar-refractivity contribution in [1.29, 1.82) is 0 Å². The van der Waals surface area contributed by atoms with Gasteiger partial charge in [0.1, 0.15) is 0 Å². The molecule has 5 rings (SSSR count). The lowest BCUT2D eigenvalue weighted by molar-refractivity contribution is -0.115. The van der Waals surface area contributed by atoms with Crippen molar-refractivity contribution in [3.8, 4) is 17.1 Å². The maximum Gasteiger partial charge on any atom is 0.226 e. The average Bonchev–Trinajstić information content (AvgIpc) is 3.54. The second-order valence-electron chi connectivity index (χ2n) is 7.88. The number of thioether (sulfide) groups is 1. The Morgan fingerprint density at radius 3 is 2.62 bits per heavy atom. The summed E-state index contributed by atoms with van der Waals surface area (Å²) in [6, 6.07) is 19.2. The minimum atomic E-state index is -0.116. The molecule has 0 bridgehead atoms. The number of carbonyl (C=O) groups excluding carboxylic acids is 1. The number of nitrogens with zero attached hydrogens (tertiary/aromatic N) is 5. The lowest BCUT2D eigenvalue weighted by Crippen LogP contribution is -2.12. The molecule has 1 N–H and O–H groups in total. The van der Waals surface area contributed by atoms with Crippen molar-refractivity contribution in [3.05, 3.63) is 99.7 Å². The van der Waals surface area contributed by atoms with Crippen molar-refractivity contribution in [2.24, 2.45) is 0 Å². The summed E-state index contributed by atoms with van der Waals surface area (Å²) >= 11 is 15.3. The van der Waals surface area contributed by atoms with Gasteiger partial charge in [0.25, 0.3) is 0 Å². The molecule has 37 heavy (non-hydrogen) atoms. The molecule has 2 aromatic carbocycles. The maximum absolute atomic E-state index is 12.6. The molecule has 0 aliphatic rings. The largest absolute Gasteiger partial charge is 0.302 e. The average molecular weight is 568 g/mol. The summed E-state index contributed by atoms with van der Waals surface area (Å²) in [5.41, 5.74) is 2.77. The first-order valence-electron chi connectivity index (χ1n) is 11.3. The van der Waals surface area contributed by atoms with Gasteiger partial charge < -0.3 is 5.32 Å². The van der Waals surface area contributed by atoms with Gasteiger partial charge in [-0.3, -0.25) is 14.3 Å². The van der Waals surface area contributed by atoms with Gasteiger partial charge >= 0.3 is 0 Å². The summed E-state index contributed by atoms with van der Waals surface area (Å²) in [6.07, 6.45) is 6.09. The normalized spacial score (nSPS) is 11.0. The Labute approximate surface area is 231 Å². The third kappa shape index (κ3) is 6.19. The number of benzene rings is 2. The van der Waals surface area contributed by atoms with Crippen molar-refractivity contribution in [2.75, 3.05) is 11.1 Å². The third-order valence-corrected chi connectivity index (χ3v) is 8.04. The highest BCUT2D eigenvalue weighted by Crippen LogP contribution is 2.30. The number of halogens is 2. The monoisotopic (exact) mass is 566 g/mol. The molecule has 3 aromatic heterocycles. The van der Waals surface area contributed by atoms with E-state index in [0.29, 0.717) is 38.9 Å². The lowest BCUT2D eigenvalue weighted by Gasteiger charge is -2.10. The number of aromatic nitrogens is 5. The fourth-order valence-electron chi connectivity index (χ4n) is 3.60. The second kappa shape index (κ2) is 11.9. The molecule has 0 aliphatic heterocycles.